The van der Waals surface area contributed by atoms with Crippen LogP contribution in [0.2, 0.25) is 0 Å². The molecular weight excluding hydrogens is 290 g/mol. The van der Waals surface area contributed by atoms with Crippen molar-refractivity contribution in [1.82, 2.24) is 10.5 Å². The first-order chi connectivity index (χ1) is 10.9. The van der Waals surface area contributed by atoms with Gasteiger partial charge in [0, 0.05) is 18.2 Å². The molecule has 0 fully saturated rings. The van der Waals surface area contributed by atoms with Crippen molar-refractivity contribution in [2.75, 3.05) is 6.54 Å². The maximum Gasteiger partial charge on any atom is 0.224 e. The molecule has 1 unspecified atom stereocenters. The molecule has 3 N–H and O–H groups in total. The molecule has 0 spiro atoms. The molecule has 0 saturated carbocycles. The van der Waals surface area contributed by atoms with Crippen LogP contribution in [0.25, 0.3) is 0 Å². The fourth-order valence-electron chi connectivity index (χ4n) is 2.45. The molecule has 1 atom stereocenters. The predicted molar refractivity (Wildman–Crippen MR) is 90.2 cm³/mol. The second kappa shape index (κ2) is 7.42. The average Bonchev–Trinajstić information content (AvgIpc) is 2.84. The second-order valence-electron chi connectivity index (χ2n) is 6.21. The van der Waals surface area contributed by atoms with Crippen molar-refractivity contribution in [1.29, 1.82) is 0 Å². The summed E-state index contributed by atoms with van der Waals surface area (Å²) < 4.78 is 5.07. The molecule has 1 amide bonds. The molecule has 0 aliphatic rings. The number of rotatable bonds is 6. The van der Waals surface area contributed by atoms with E-state index in [9.17, 15) is 4.79 Å². The SMILES string of the molecule is Cc1noc(C)c1CC(=O)NCC(N)c1ccc(C(C)C)cc1. The number of aromatic nitrogens is 1. The lowest BCUT2D eigenvalue weighted by atomic mass is 9.99. The van der Waals surface area contributed by atoms with E-state index < -0.39 is 0 Å². The van der Waals surface area contributed by atoms with Crippen molar-refractivity contribution in [3.05, 3.63) is 52.4 Å². The highest BCUT2D eigenvalue weighted by atomic mass is 16.5. The van der Waals surface area contributed by atoms with Gasteiger partial charge in [-0.3, -0.25) is 4.79 Å². The number of carbonyl (C=O) groups excluding carboxylic acids is 1. The molecule has 0 bridgehead atoms. The highest BCUT2D eigenvalue weighted by molar-refractivity contribution is 5.79. The molecule has 5 heteroatoms. The standard InChI is InChI=1S/C18H25N3O2/c1-11(2)14-5-7-15(8-6-14)17(19)10-20-18(22)9-16-12(3)21-23-13(16)4/h5-8,11,17H,9-10,19H2,1-4H3,(H,20,22). The number of aryl methyl sites for hydroxylation is 2. The molecule has 2 rings (SSSR count). The van der Waals surface area contributed by atoms with E-state index in [1.54, 1.807) is 0 Å². The largest absolute Gasteiger partial charge is 0.361 e. The van der Waals surface area contributed by atoms with E-state index in [0.717, 1.165) is 16.8 Å². The summed E-state index contributed by atoms with van der Waals surface area (Å²) in [5, 5.41) is 6.73. The van der Waals surface area contributed by atoms with Gasteiger partial charge < -0.3 is 15.6 Å². The van der Waals surface area contributed by atoms with Crippen LogP contribution in [0.1, 0.15) is 54.0 Å². The first-order valence-electron chi connectivity index (χ1n) is 7.92. The maximum absolute atomic E-state index is 12.1. The summed E-state index contributed by atoms with van der Waals surface area (Å²) in [6.07, 6.45) is 0.264. The molecule has 1 heterocycles. The fraction of sp³-hybridized carbons (Fsp3) is 0.444. The van der Waals surface area contributed by atoms with Gasteiger partial charge in [-0.15, -0.1) is 0 Å². The normalized spacial score (nSPS) is 12.4. The number of hydrogen-bond acceptors (Lipinski definition) is 4. The van der Waals surface area contributed by atoms with Crippen LogP contribution in [-0.4, -0.2) is 17.6 Å². The van der Waals surface area contributed by atoms with Gasteiger partial charge in [-0.25, -0.2) is 0 Å². The number of nitrogens with two attached hydrogens (primary N) is 1. The second-order valence-corrected chi connectivity index (χ2v) is 6.21. The van der Waals surface area contributed by atoms with Crippen molar-refractivity contribution in [2.45, 2.75) is 46.1 Å². The number of nitrogens with zero attached hydrogens (tertiary/aromatic N) is 1. The van der Waals surface area contributed by atoms with E-state index in [-0.39, 0.29) is 18.4 Å². The number of nitrogens with one attached hydrogen (secondary N) is 1. The lowest BCUT2D eigenvalue weighted by molar-refractivity contribution is -0.120. The Kier molecular flexibility index (Phi) is 5.55. The van der Waals surface area contributed by atoms with Crippen LogP contribution in [0.3, 0.4) is 0 Å². The molecule has 0 saturated heterocycles. The Morgan fingerprint density at radius 2 is 1.83 bits per heavy atom. The Balaban J connectivity index is 1.88. The topological polar surface area (TPSA) is 81.2 Å². The van der Waals surface area contributed by atoms with Crippen LogP contribution in [0.4, 0.5) is 0 Å². The third kappa shape index (κ3) is 4.42. The average molecular weight is 315 g/mol. The third-order valence-electron chi connectivity index (χ3n) is 4.07. The van der Waals surface area contributed by atoms with Gasteiger partial charge in [0.25, 0.3) is 0 Å². The van der Waals surface area contributed by atoms with Crippen molar-refractivity contribution in [2.24, 2.45) is 5.73 Å². The van der Waals surface area contributed by atoms with Crippen molar-refractivity contribution < 1.29 is 9.32 Å². The summed E-state index contributed by atoms with van der Waals surface area (Å²) in [6, 6.07) is 8.02. The van der Waals surface area contributed by atoms with E-state index in [2.05, 4.69) is 36.5 Å². The zero-order valence-electron chi connectivity index (χ0n) is 14.2. The van der Waals surface area contributed by atoms with Crippen LogP contribution >= 0.6 is 0 Å². The van der Waals surface area contributed by atoms with Gasteiger partial charge in [0.15, 0.2) is 0 Å². The number of amides is 1. The molecule has 0 aliphatic heterocycles. The van der Waals surface area contributed by atoms with Gasteiger partial charge in [-0.05, 0) is 30.9 Å². The summed E-state index contributed by atoms with van der Waals surface area (Å²) in [4.78, 5) is 12.1. The predicted octanol–water partition coefficient (Wildman–Crippen LogP) is 2.77. The van der Waals surface area contributed by atoms with Crippen molar-refractivity contribution >= 4 is 5.91 Å². The van der Waals surface area contributed by atoms with Gasteiger partial charge in [0.1, 0.15) is 5.76 Å². The van der Waals surface area contributed by atoms with E-state index >= 15 is 0 Å². The monoisotopic (exact) mass is 315 g/mol. The summed E-state index contributed by atoms with van der Waals surface area (Å²) in [5.74, 6) is 1.11. The molecule has 0 aliphatic carbocycles. The van der Waals surface area contributed by atoms with Crippen molar-refractivity contribution in [3.8, 4) is 0 Å². The highest BCUT2D eigenvalue weighted by Crippen LogP contribution is 2.17. The quantitative estimate of drug-likeness (QED) is 0.859. The summed E-state index contributed by atoms with van der Waals surface area (Å²) in [5.41, 5.74) is 10.1. The zero-order valence-corrected chi connectivity index (χ0v) is 14.2. The van der Waals surface area contributed by atoms with E-state index in [0.29, 0.717) is 18.2 Å². The zero-order chi connectivity index (χ0) is 17.0. The molecule has 1 aromatic heterocycles. The van der Waals surface area contributed by atoms with Gasteiger partial charge in [-0.1, -0.05) is 43.3 Å². The Hall–Kier alpha value is -2.14. The maximum atomic E-state index is 12.1. The minimum absolute atomic E-state index is 0.0753. The lowest BCUT2D eigenvalue weighted by Crippen LogP contribution is -2.33. The summed E-state index contributed by atoms with van der Waals surface area (Å²) >= 11 is 0. The van der Waals surface area contributed by atoms with Crippen LogP contribution < -0.4 is 11.1 Å². The van der Waals surface area contributed by atoms with Crippen LogP contribution in [-0.2, 0) is 11.2 Å². The van der Waals surface area contributed by atoms with Gasteiger partial charge in [0.05, 0.1) is 12.1 Å². The molecule has 5 nitrogen and oxygen atoms in total. The van der Waals surface area contributed by atoms with Gasteiger partial charge in [0.2, 0.25) is 5.91 Å². The number of carbonyl (C=O) groups is 1. The molecule has 2 aromatic rings. The molecule has 23 heavy (non-hydrogen) atoms. The van der Waals surface area contributed by atoms with E-state index in [1.807, 2.05) is 26.0 Å². The van der Waals surface area contributed by atoms with Crippen LogP contribution in [0.15, 0.2) is 28.8 Å². The number of hydrogen-bond donors (Lipinski definition) is 2. The molecule has 124 valence electrons. The minimum atomic E-state index is -0.218. The Morgan fingerprint density at radius 3 is 2.35 bits per heavy atom. The Morgan fingerprint density at radius 1 is 1.22 bits per heavy atom. The van der Waals surface area contributed by atoms with Crippen molar-refractivity contribution in [3.63, 3.8) is 0 Å². The van der Waals surface area contributed by atoms with Crippen LogP contribution in [0, 0.1) is 13.8 Å². The number of benzene rings is 1. The fourth-order valence-corrected chi connectivity index (χ4v) is 2.45. The smallest absolute Gasteiger partial charge is 0.224 e. The van der Waals surface area contributed by atoms with E-state index in [4.69, 9.17) is 10.3 Å². The minimum Gasteiger partial charge on any atom is -0.361 e. The van der Waals surface area contributed by atoms with Crippen LogP contribution in [0.5, 0.6) is 0 Å². The first-order valence-corrected chi connectivity index (χ1v) is 7.92. The lowest BCUT2D eigenvalue weighted by Gasteiger charge is -2.14. The Bertz CT molecular complexity index is 640. The molecule has 1 aromatic carbocycles. The summed E-state index contributed by atoms with van der Waals surface area (Å²) in [6.45, 7) is 8.36. The molecular formula is C18H25N3O2. The van der Waals surface area contributed by atoms with Gasteiger partial charge >= 0.3 is 0 Å². The molecule has 0 radical (unpaired) electrons. The van der Waals surface area contributed by atoms with E-state index in [1.165, 1.54) is 5.56 Å². The Labute approximate surface area is 137 Å². The first kappa shape index (κ1) is 17.2. The highest BCUT2D eigenvalue weighted by Gasteiger charge is 2.14. The summed E-state index contributed by atoms with van der Waals surface area (Å²) in [7, 11) is 0. The third-order valence-corrected chi connectivity index (χ3v) is 4.07. The van der Waals surface area contributed by atoms with Gasteiger partial charge in [-0.2, -0.15) is 0 Å².